The number of thioether (sulfide) groups is 1. The summed E-state index contributed by atoms with van der Waals surface area (Å²) in [6.07, 6.45) is 1.83. The van der Waals surface area contributed by atoms with Crippen molar-refractivity contribution in [1.82, 2.24) is 10.3 Å². The molecule has 5 nitrogen and oxygen atoms in total. The van der Waals surface area contributed by atoms with E-state index in [-0.39, 0.29) is 11.8 Å². The highest BCUT2D eigenvalue weighted by molar-refractivity contribution is 8.01. The van der Waals surface area contributed by atoms with Crippen LogP contribution < -0.4 is 10.2 Å². The van der Waals surface area contributed by atoms with Crippen LogP contribution in [0, 0.1) is 0 Å². The zero-order valence-electron chi connectivity index (χ0n) is 12.7. The molecule has 1 aromatic rings. The van der Waals surface area contributed by atoms with Crippen molar-refractivity contribution in [2.75, 3.05) is 35.8 Å². The highest BCUT2D eigenvalue weighted by Crippen LogP contribution is 2.26. The lowest BCUT2D eigenvalue weighted by Gasteiger charge is -2.35. The van der Waals surface area contributed by atoms with Crippen molar-refractivity contribution >= 4 is 27.4 Å². The van der Waals surface area contributed by atoms with Gasteiger partial charge in [0.05, 0.1) is 0 Å². The Morgan fingerprint density at radius 3 is 2.86 bits per heavy atom. The molecule has 0 bridgehead atoms. The average Bonchev–Trinajstić information content (AvgIpc) is 2.54. The molecule has 21 heavy (non-hydrogen) atoms. The Kier molecular flexibility index (Phi) is 5.51. The van der Waals surface area contributed by atoms with Gasteiger partial charge in [-0.3, -0.25) is 0 Å². The summed E-state index contributed by atoms with van der Waals surface area (Å²) in [5, 5.41) is 2.71. The van der Waals surface area contributed by atoms with Crippen LogP contribution in [-0.2, 0) is 9.84 Å². The van der Waals surface area contributed by atoms with E-state index in [9.17, 15) is 8.42 Å². The smallest absolute Gasteiger partial charge is 0.171 e. The SMILES string of the molecule is CCS(=O)(=O)C1CSCCN1c1ccc(C(C)NC)cn1. The van der Waals surface area contributed by atoms with Crippen molar-refractivity contribution in [3.05, 3.63) is 23.9 Å². The number of hydrogen-bond donors (Lipinski definition) is 1. The summed E-state index contributed by atoms with van der Waals surface area (Å²) in [6, 6.07) is 4.18. The van der Waals surface area contributed by atoms with Gasteiger partial charge in [0.2, 0.25) is 0 Å². The molecule has 2 atom stereocenters. The number of rotatable bonds is 5. The van der Waals surface area contributed by atoms with E-state index in [0.717, 1.165) is 23.7 Å². The van der Waals surface area contributed by atoms with Crippen molar-refractivity contribution in [1.29, 1.82) is 0 Å². The van der Waals surface area contributed by atoms with Gasteiger partial charge in [0.25, 0.3) is 0 Å². The van der Waals surface area contributed by atoms with E-state index < -0.39 is 15.2 Å². The van der Waals surface area contributed by atoms with Crippen LogP contribution >= 0.6 is 11.8 Å². The van der Waals surface area contributed by atoms with Gasteiger partial charge in [-0.05, 0) is 25.6 Å². The first-order valence-corrected chi connectivity index (χ1v) is 10.1. The highest BCUT2D eigenvalue weighted by atomic mass is 32.2. The van der Waals surface area contributed by atoms with E-state index in [4.69, 9.17) is 0 Å². The molecular formula is C14H23N3O2S2. The zero-order chi connectivity index (χ0) is 15.5. The highest BCUT2D eigenvalue weighted by Gasteiger charge is 2.33. The van der Waals surface area contributed by atoms with Gasteiger partial charge in [0, 0.05) is 36.0 Å². The molecule has 1 saturated heterocycles. The first-order chi connectivity index (χ1) is 9.99. The number of aromatic nitrogens is 1. The van der Waals surface area contributed by atoms with Gasteiger partial charge in [0.15, 0.2) is 9.84 Å². The van der Waals surface area contributed by atoms with E-state index in [0.29, 0.717) is 5.75 Å². The maximum absolute atomic E-state index is 12.3. The molecule has 1 aromatic heterocycles. The van der Waals surface area contributed by atoms with Gasteiger partial charge in [-0.25, -0.2) is 13.4 Å². The molecule has 0 amide bonds. The van der Waals surface area contributed by atoms with E-state index in [1.165, 1.54) is 0 Å². The molecule has 7 heteroatoms. The van der Waals surface area contributed by atoms with E-state index in [1.807, 2.05) is 30.3 Å². The molecule has 2 heterocycles. The van der Waals surface area contributed by atoms with Gasteiger partial charge in [0.1, 0.15) is 11.2 Å². The lowest BCUT2D eigenvalue weighted by atomic mass is 10.1. The van der Waals surface area contributed by atoms with Gasteiger partial charge in [-0.1, -0.05) is 13.0 Å². The summed E-state index contributed by atoms with van der Waals surface area (Å²) in [5.41, 5.74) is 1.10. The predicted octanol–water partition coefficient (Wildman–Crippen LogP) is 1.68. The van der Waals surface area contributed by atoms with Gasteiger partial charge in [-0.15, -0.1) is 0 Å². The lowest BCUT2D eigenvalue weighted by Crippen LogP contribution is -2.48. The summed E-state index contributed by atoms with van der Waals surface area (Å²) < 4.78 is 24.5. The molecule has 2 rings (SSSR count). The fourth-order valence-corrected chi connectivity index (χ4v) is 5.30. The molecule has 0 aromatic carbocycles. The van der Waals surface area contributed by atoms with Crippen LogP contribution in [0.25, 0.3) is 0 Å². The Morgan fingerprint density at radius 1 is 1.52 bits per heavy atom. The molecule has 118 valence electrons. The Bertz CT molecular complexity index is 560. The van der Waals surface area contributed by atoms with E-state index in [1.54, 1.807) is 18.7 Å². The van der Waals surface area contributed by atoms with Crippen molar-refractivity contribution in [3.63, 3.8) is 0 Å². The largest absolute Gasteiger partial charge is 0.338 e. The van der Waals surface area contributed by atoms with Crippen molar-refractivity contribution < 1.29 is 8.42 Å². The summed E-state index contributed by atoms with van der Waals surface area (Å²) in [4.78, 5) is 6.42. The molecule has 2 unspecified atom stereocenters. The van der Waals surface area contributed by atoms with Crippen LogP contribution in [0.2, 0.25) is 0 Å². The van der Waals surface area contributed by atoms with Crippen LogP contribution in [0.15, 0.2) is 18.3 Å². The Balaban J connectivity index is 2.26. The minimum Gasteiger partial charge on any atom is -0.338 e. The average molecular weight is 329 g/mol. The summed E-state index contributed by atoms with van der Waals surface area (Å²) in [5.74, 6) is 2.48. The third-order valence-electron chi connectivity index (χ3n) is 3.90. The first-order valence-electron chi connectivity index (χ1n) is 7.18. The van der Waals surface area contributed by atoms with Crippen LogP contribution in [-0.4, -0.2) is 49.6 Å². The summed E-state index contributed by atoms with van der Waals surface area (Å²) in [7, 11) is -1.19. The van der Waals surface area contributed by atoms with Crippen LogP contribution in [0.5, 0.6) is 0 Å². The number of pyridine rings is 1. The lowest BCUT2D eigenvalue weighted by molar-refractivity contribution is 0.578. The quantitative estimate of drug-likeness (QED) is 0.887. The summed E-state index contributed by atoms with van der Waals surface area (Å²) >= 11 is 1.70. The van der Waals surface area contributed by atoms with E-state index >= 15 is 0 Å². The monoisotopic (exact) mass is 329 g/mol. The third kappa shape index (κ3) is 3.70. The van der Waals surface area contributed by atoms with Crippen molar-refractivity contribution in [3.8, 4) is 0 Å². The van der Waals surface area contributed by atoms with Gasteiger partial charge >= 0.3 is 0 Å². The zero-order valence-corrected chi connectivity index (χ0v) is 14.4. The summed E-state index contributed by atoms with van der Waals surface area (Å²) in [6.45, 7) is 4.50. The molecule has 0 spiro atoms. The van der Waals surface area contributed by atoms with Gasteiger partial charge < -0.3 is 10.2 Å². The third-order valence-corrected chi connectivity index (χ3v) is 7.19. The predicted molar refractivity (Wildman–Crippen MR) is 89.6 cm³/mol. The van der Waals surface area contributed by atoms with Crippen LogP contribution in [0.4, 0.5) is 5.82 Å². The second-order valence-corrected chi connectivity index (χ2v) is 8.73. The Labute approximate surface area is 131 Å². The minimum atomic E-state index is -3.10. The molecule has 1 fully saturated rings. The topological polar surface area (TPSA) is 62.3 Å². The molecule has 0 saturated carbocycles. The second-order valence-electron chi connectivity index (χ2n) is 5.13. The molecular weight excluding hydrogens is 306 g/mol. The van der Waals surface area contributed by atoms with Crippen molar-refractivity contribution in [2.45, 2.75) is 25.3 Å². The van der Waals surface area contributed by atoms with Gasteiger partial charge in [-0.2, -0.15) is 11.8 Å². The fourth-order valence-electron chi connectivity index (χ4n) is 2.32. The fraction of sp³-hybridized carbons (Fsp3) is 0.643. The number of nitrogens with zero attached hydrogens (tertiary/aromatic N) is 2. The molecule has 1 aliphatic heterocycles. The van der Waals surface area contributed by atoms with Crippen molar-refractivity contribution in [2.24, 2.45) is 0 Å². The second kappa shape index (κ2) is 6.98. The Morgan fingerprint density at radius 2 is 2.29 bits per heavy atom. The number of sulfone groups is 1. The molecule has 1 N–H and O–H groups in total. The van der Waals surface area contributed by atoms with E-state index in [2.05, 4.69) is 17.2 Å². The number of anilines is 1. The molecule has 0 radical (unpaired) electrons. The Hall–Kier alpha value is -0.790. The minimum absolute atomic E-state index is 0.170. The maximum atomic E-state index is 12.3. The maximum Gasteiger partial charge on any atom is 0.171 e. The molecule has 1 aliphatic rings. The molecule has 0 aliphatic carbocycles. The number of hydrogen-bond acceptors (Lipinski definition) is 6. The number of nitrogens with one attached hydrogen (secondary N) is 1. The standard InChI is InChI=1S/C14H23N3O2S2/c1-4-21(18,19)14-10-20-8-7-17(14)13-6-5-12(9-16-13)11(2)15-3/h5-6,9,11,14-15H,4,7-8,10H2,1-3H3. The normalized spacial score (nSPS) is 21.3. The first kappa shape index (κ1) is 16.6. The van der Waals surface area contributed by atoms with Crippen LogP contribution in [0.3, 0.4) is 0 Å². The van der Waals surface area contributed by atoms with Crippen LogP contribution in [0.1, 0.15) is 25.5 Å².